The molecule has 1 fully saturated rings. The Morgan fingerprint density at radius 3 is 2.72 bits per heavy atom. The maximum atomic E-state index is 13.9. The second-order valence-electron chi connectivity index (χ2n) is 5.11. The molecule has 0 amide bonds. The maximum Gasteiger partial charge on any atom is 0.165 e. The van der Waals surface area contributed by atoms with Gasteiger partial charge in [0.2, 0.25) is 0 Å². The van der Waals surface area contributed by atoms with Crippen LogP contribution < -0.4 is 0 Å². The molecule has 0 aromatic heterocycles. The third-order valence-corrected chi connectivity index (χ3v) is 4.88. The van der Waals surface area contributed by atoms with Crippen molar-refractivity contribution in [3.05, 3.63) is 39.9 Å². The van der Waals surface area contributed by atoms with E-state index in [1.54, 1.807) is 0 Å². The number of aromatic hydroxyl groups is 1. The molecule has 1 aromatic rings. The van der Waals surface area contributed by atoms with Crippen molar-refractivity contribution in [2.75, 3.05) is 0 Å². The third-order valence-electron chi connectivity index (χ3n) is 4.12. The average Bonchev–Trinajstić information content (AvgIpc) is 2.84. The molecule has 3 rings (SSSR count). The number of halogens is 3. The molecular formula is C14H13BrF2O. The van der Waals surface area contributed by atoms with Crippen LogP contribution in [0.1, 0.15) is 30.7 Å². The first kappa shape index (κ1) is 12.2. The number of fused-ring (bicyclic) bond motifs is 1. The van der Waals surface area contributed by atoms with E-state index in [9.17, 15) is 13.9 Å². The van der Waals surface area contributed by atoms with Crippen molar-refractivity contribution in [1.29, 1.82) is 0 Å². The molecule has 2 aliphatic rings. The highest BCUT2D eigenvalue weighted by atomic mass is 79.9. The van der Waals surface area contributed by atoms with E-state index in [1.165, 1.54) is 0 Å². The van der Waals surface area contributed by atoms with Crippen molar-refractivity contribution < 1.29 is 13.9 Å². The van der Waals surface area contributed by atoms with Gasteiger partial charge >= 0.3 is 0 Å². The molecule has 1 aromatic carbocycles. The predicted octanol–water partition coefficient (Wildman–Crippen LogP) is 4.46. The molecule has 1 saturated carbocycles. The lowest BCUT2D eigenvalue weighted by molar-refractivity contribution is 0.411. The first-order valence-corrected chi connectivity index (χ1v) is 6.92. The molecule has 96 valence electrons. The van der Waals surface area contributed by atoms with Gasteiger partial charge < -0.3 is 5.11 Å². The molecule has 4 heteroatoms. The Morgan fingerprint density at radius 1 is 1.17 bits per heavy atom. The fourth-order valence-electron chi connectivity index (χ4n) is 3.32. The summed E-state index contributed by atoms with van der Waals surface area (Å²) in [5, 5.41) is 9.18. The van der Waals surface area contributed by atoms with E-state index in [0.717, 1.165) is 35.9 Å². The molecule has 18 heavy (non-hydrogen) atoms. The Balaban J connectivity index is 2.05. The van der Waals surface area contributed by atoms with Crippen LogP contribution in [0.2, 0.25) is 0 Å². The molecule has 1 N–H and O–H groups in total. The van der Waals surface area contributed by atoms with Crippen molar-refractivity contribution in [2.24, 2.45) is 11.8 Å². The average molecular weight is 315 g/mol. The molecule has 0 heterocycles. The smallest absolute Gasteiger partial charge is 0.165 e. The van der Waals surface area contributed by atoms with Crippen LogP contribution in [0.3, 0.4) is 0 Å². The van der Waals surface area contributed by atoms with Gasteiger partial charge in [0.05, 0.1) is 0 Å². The van der Waals surface area contributed by atoms with E-state index in [2.05, 4.69) is 22.0 Å². The molecule has 0 spiro atoms. The summed E-state index contributed by atoms with van der Waals surface area (Å²) in [5.74, 6) is -1.19. The Hall–Kier alpha value is -0.900. The van der Waals surface area contributed by atoms with Gasteiger partial charge in [-0.25, -0.2) is 8.78 Å². The first-order valence-electron chi connectivity index (χ1n) is 6.13. The van der Waals surface area contributed by atoms with E-state index in [-0.39, 0.29) is 5.92 Å². The highest BCUT2D eigenvalue weighted by molar-refractivity contribution is 9.11. The fourth-order valence-corrected chi connectivity index (χ4v) is 4.25. The molecule has 0 aliphatic heterocycles. The summed E-state index contributed by atoms with van der Waals surface area (Å²) in [6, 6.07) is 2.00. The number of phenols is 1. The summed E-state index contributed by atoms with van der Waals surface area (Å²) >= 11 is 3.48. The Kier molecular flexibility index (Phi) is 2.93. The van der Waals surface area contributed by atoms with E-state index in [0.29, 0.717) is 17.4 Å². The summed E-state index contributed by atoms with van der Waals surface area (Å²) in [7, 11) is 0. The van der Waals surface area contributed by atoms with Gasteiger partial charge in [0.1, 0.15) is 5.82 Å². The first-order chi connectivity index (χ1) is 8.58. The Morgan fingerprint density at radius 2 is 1.94 bits per heavy atom. The van der Waals surface area contributed by atoms with Gasteiger partial charge in [0, 0.05) is 12.0 Å². The van der Waals surface area contributed by atoms with Crippen LogP contribution >= 0.6 is 15.9 Å². The van der Waals surface area contributed by atoms with Crippen LogP contribution in [-0.4, -0.2) is 5.11 Å². The van der Waals surface area contributed by atoms with Gasteiger partial charge in [-0.05, 0) is 40.8 Å². The Labute approximate surface area is 113 Å². The lowest BCUT2D eigenvalue weighted by Gasteiger charge is -2.21. The predicted molar refractivity (Wildman–Crippen MR) is 68.6 cm³/mol. The monoisotopic (exact) mass is 314 g/mol. The minimum absolute atomic E-state index is 0.104. The van der Waals surface area contributed by atoms with Gasteiger partial charge in [0.15, 0.2) is 11.6 Å². The van der Waals surface area contributed by atoms with Crippen molar-refractivity contribution in [2.45, 2.75) is 25.2 Å². The zero-order valence-corrected chi connectivity index (χ0v) is 11.3. The minimum atomic E-state index is -0.756. The lowest BCUT2D eigenvalue weighted by atomic mass is 9.85. The van der Waals surface area contributed by atoms with E-state index in [4.69, 9.17) is 0 Å². The highest BCUT2D eigenvalue weighted by Crippen LogP contribution is 2.53. The van der Waals surface area contributed by atoms with Crippen LogP contribution in [-0.2, 0) is 0 Å². The SMILES string of the molecule is Oc1cc(F)c(C2C(Br)=CC3CCCC32)cc1F. The van der Waals surface area contributed by atoms with Crippen molar-refractivity contribution in [1.82, 2.24) is 0 Å². The Bertz CT molecular complexity index is 527. The second kappa shape index (κ2) is 4.34. The molecular weight excluding hydrogens is 302 g/mol. The van der Waals surface area contributed by atoms with E-state index in [1.807, 2.05) is 0 Å². The summed E-state index contributed by atoms with van der Waals surface area (Å²) in [6.07, 6.45) is 5.44. The topological polar surface area (TPSA) is 20.2 Å². The molecule has 3 unspecified atom stereocenters. The summed E-state index contributed by atoms with van der Waals surface area (Å²) in [4.78, 5) is 0. The van der Waals surface area contributed by atoms with Crippen molar-refractivity contribution >= 4 is 15.9 Å². The molecule has 0 saturated heterocycles. The van der Waals surface area contributed by atoms with Gasteiger partial charge in [0.25, 0.3) is 0 Å². The molecule has 2 aliphatic carbocycles. The fraction of sp³-hybridized carbons (Fsp3) is 0.429. The summed E-state index contributed by atoms with van der Waals surface area (Å²) in [6.45, 7) is 0. The van der Waals surface area contributed by atoms with E-state index < -0.39 is 17.4 Å². The largest absolute Gasteiger partial charge is 0.505 e. The van der Waals surface area contributed by atoms with Crippen molar-refractivity contribution in [3.8, 4) is 5.75 Å². The number of rotatable bonds is 1. The molecule has 3 atom stereocenters. The van der Waals surface area contributed by atoms with Crippen LogP contribution in [0, 0.1) is 23.5 Å². The van der Waals surface area contributed by atoms with Crippen LogP contribution in [0.15, 0.2) is 22.7 Å². The zero-order valence-electron chi connectivity index (χ0n) is 9.67. The normalized spacial score (nSPS) is 30.4. The number of allylic oxidation sites excluding steroid dienone is 2. The van der Waals surface area contributed by atoms with Gasteiger partial charge in [-0.2, -0.15) is 0 Å². The second-order valence-corrected chi connectivity index (χ2v) is 6.03. The molecule has 0 radical (unpaired) electrons. The van der Waals surface area contributed by atoms with Gasteiger partial charge in [-0.15, -0.1) is 0 Å². The number of phenolic OH excluding ortho intramolecular Hbond substituents is 1. The van der Waals surface area contributed by atoms with Crippen LogP contribution in [0.4, 0.5) is 8.78 Å². The zero-order chi connectivity index (χ0) is 12.9. The maximum absolute atomic E-state index is 13.9. The number of hydrogen-bond acceptors (Lipinski definition) is 1. The standard InChI is InChI=1S/C14H13BrF2O/c15-10-4-7-2-1-3-8(7)14(10)9-5-12(17)13(18)6-11(9)16/h4-8,14,18H,1-3H2. The lowest BCUT2D eigenvalue weighted by Crippen LogP contribution is -2.12. The molecule has 1 nitrogen and oxygen atoms in total. The highest BCUT2D eigenvalue weighted by Gasteiger charge is 2.41. The summed E-state index contributed by atoms with van der Waals surface area (Å²) in [5.41, 5.74) is 0.350. The third kappa shape index (κ3) is 1.78. The summed E-state index contributed by atoms with van der Waals surface area (Å²) < 4.78 is 28.3. The van der Waals surface area contributed by atoms with E-state index >= 15 is 0 Å². The van der Waals surface area contributed by atoms with Crippen molar-refractivity contribution in [3.63, 3.8) is 0 Å². The minimum Gasteiger partial charge on any atom is -0.505 e. The van der Waals surface area contributed by atoms with Gasteiger partial charge in [-0.1, -0.05) is 28.4 Å². The van der Waals surface area contributed by atoms with Gasteiger partial charge in [-0.3, -0.25) is 0 Å². The quantitative estimate of drug-likeness (QED) is 0.811. The molecule has 0 bridgehead atoms. The van der Waals surface area contributed by atoms with Crippen LogP contribution in [0.5, 0.6) is 5.75 Å². The number of hydrogen-bond donors (Lipinski definition) is 1. The number of benzene rings is 1. The van der Waals surface area contributed by atoms with Crippen LogP contribution in [0.25, 0.3) is 0 Å².